The van der Waals surface area contributed by atoms with Crippen molar-refractivity contribution in [2.75, 3.05) is 0 Å². The van der Waals surface area contributed by atoms with Gasteiger partial charge in [0.2, 0.25) is 0 Å². The Hall–Kier alpha value is -0.950. The van der Waals surface area contributed by atoms with Crippen molar-refractivity contribution in [1.29, 1.82) is 0 Å². The summed E-state index contributed by atoms with van der Waals surface area (Å²) in [6.07, 6.45) is 1.53. The average Bonchev–Trinajstić information content (AvgIpc) is 2.56. The van der Waals surface area contributed by atoms with Gasteiger partial charge in [-0.3, -0.25) is 14.1 Å². The van der Waals surface area contributed by atoms with E-state index in [1.165, 1.54) is 0 Å². The van der Waals surface area contributed by atoms with Crippen molar-refractivity contribution >= 4 is 22.1 Å². The Morgan fingerprint density at radius 2 is 1.76 bits per heavy atom. The normalized spacial score (nSPS) is 44.6. The number of ether oxygens (including phenoxy) is 1. The van der Waals surface area contributed by atoms with Crippen molar-refractivity contribution in [3.8, 4) is 0 Å². The van der Waals surface area contributed by atoms with E-state index in [2.05, 4.69) is 4.74 Å². The van der Waals surface area contributed by atoms with E-state index in [0.717, 1.165) is 6.42 Å². The molecule has 0 aromatic heterocycles. The number of cyclic esters (lactones) is 2. The highest BCUT2D eigenvalue weighted by molar-refractivity contribution is 7.86. The monoisotopic (exact) mass is 260 g/mol. The molecule has 7 heteroatoms. The molecule has 4 aliphatic rings. The molecule has 1 saturated heterocycles. The summed E-state index contributed by atoms with van der Waals surface area (Å²) in [5.74, 6) is -2.93. The Bertz CT molecular complexity index is 495. The number of rotatable bonds is 1. The molecular weight excluding hydrogens is 248 g/mol. The molecule has 0 spiro atoms. The third-order valence-electron chi connectivity index (χ3n) is 4.37. The standard InChI is InChI=1S/C10H12O6S/c11-9-7-4-1-2-5(8(7)10(12)16-9)6(3-4)17(13,14)15/h4-8H,1-3H2,(H,13,14,15). The molecule has 5 atom stereocenters. The van der Waals surface area contributed by atoms with Crippen LogP contribution in [0.25, 0.3) is 0 Å². The van der Waals surface area contributed by atoms with Gasteiger partial charge in [-0.25, -0.2) is 0 Å². The molecule has 4 fully saturated rings. The molecule has 6 nitrogen and oxygen atoms in total. The fraction of sp³-hybridized carbons (Fsp3) is 0.800. The SMILES string of the molecule is O=C1OC(=O)C2C3CCC(CC3S(=O)(=O)O)C12. The predicted octanol–water partition coefficient (Wildman–Crippen LogP) is -0.0115. The molecule has 1 aliphatic heterocycles. The largest absolute Gasteiger partial charge is 0.393 e. The predicted molar refractivity (Wildman–Crippen MR) is 54.2 cm³/mol. The molecule has 0 radical (unpaired) electrons. The number of hydrogen-bond acceptors (Lipinski definition) is 5. The number of esters is 2. The average molecular weight is 260 g/mol. The Labute approximate surface area is 98.1 Å². The van der Waals surface area contributed by atoms with E-state index in [1.54, 1.807) is 0 Å². The van der Waals surface area contributed by atoms with Crippen LogP contribution in [0.15, 0.2) is 0 Å². The van der Waals surface area contributed by atoms with Crippen LogP contribution in [0.4, 0.5) is 0 Å². The van der Waals surface area contributed by atoms with E-state index in [4.69, 9.17) is 0 Å². The minimum atomic E-state index is -4.16. The molecule has 94 valence electrons. The van der Waals surface area contributed by atoms with Crippen molar-refractivity contribution in [3.63, 3.8) is 0 Å². The Morgan fingerprint density at radius 1 is 1.12 bits per heavy atom. The first kappa shape index (κ1) is 11.2. The molecule has 2 bridgehead atoms. The first-order valence-electron chi connectivity index (χ1n) is 5.61. The fourth-order valence-corrected chi connectivity index (χ4v) is 4.96. The molecule has 17 heavy (non-hydrogen) atoms. The molecule has 3 aliphatic carbocycles. The van der Waals surface area contributed by atoms with Crippen LogP contribution in [-0.2, 0) is 24.4 Å². The summed E-state index contributed by atoms with van der Waals surface area (Å²) in [5, 5.41) is -0.916. The third-order valence-corrected chi connectivity index (χ3v) is 5.67. The highest BCUT2D eigenvalue weighted by Gasteiger charge is 2.61. The lowest BCUT2D eigenvalue weighted by atomic mass is 9.59. The quantitative estimate of drug-likeness (QED) is 0.404. The molecule has 5 unspecified atom stereocenters. The van der Waals surface area contributed by atoms with Crippen LogP contribution in [0.2, 0.25) is 0 Å². The zero-order chi connectivity index (χ0) is 12.4. The molecule has 3 saturated carbocycles. The Kier molecular flexibility index (Phi) is 2.16. The maximum Gasteiger partial charge on any atom is 0.317 e. The van der Waals surface area contributed by atoms with Crippen LogP contribution in [0.3, 0.4) is 0 Å². The highest BCUT2D eigenvalue weighted by atomic mass is 32.2. The smallest absolute Gasteiger partial charge is 0.317 e. The topological polar surface area (TPSA) is 97.7 Å². The van der Waals surface area contributed by atoms with Crippen molar-refractivity contribution in [3.05, 3.63) is 0 Å². The van der Waals surface area contributed by atoms with Crippen molar-refractivity contribution in [2.45, 2.75) is 24.5 Å². The first-order chi connectivity index (χ1) is 7.89. The van der Waals surface area contributed by atoms with E-state index >= 15 is 0 Å². The Morgan fingerprint density at radius 3 is 2.41 bits per heavy atom. The van der Waals surface area contributed by atoms with Crippen LogP contribution in [0.1, 0.15) is 19.3 Å². The summed E-state index contributed by atoms with van der Waals surface area (Å²) >= 11 is 0. The zero-order valence-electron chi connectivity index (χ0n) is 8.90. The lowest BCUT2D eigenvalue weighted by molar-refractivity contribution is -0.154. The maximum atomic E-state index is 11.6. The van der Waals surface area contributed by atoms with Gasteiger partial charge in [-0.15, -0.1) is 0 Å². The van der Waals surface area contributed by atoms with E-state index in [1.807, 2.05) is 0 Å². The van der Waals surface area contributed by atoms with E-state index in [-0.39, 0.29) is 12.3 Å². The number of fused-ring (bicyclic) bond motifs is 2. The second kappa shape index (κ2) is 3.29. The van der Waals surface area contributed by atoms with Crippen LogP contribution in [0.5, 0.6) is 0 Å². The molecule has 0 aromatic rings. The summed E-state index contributed by atoms with van der Waals surface area (Å²) in [4.78, 5) is 23.1. The van der Waals surface area contributed by atoms with Crippen molar-refractivity contribution < 1.29 is 27.3 Å². The molecule has 4 rings (SSSR count). The van der Waals surface area contributed by atoms with Gasteiger partial charge in [0.15, 0.2) is 0 Å². The lowest BCUT2D eigenvalue weighted by Crippen LogP contribution is -2.51. The van der Waals surface area contributed by atoms with Gasteiger partial charge in [0.25, 0.3) is 10.1 Å². The highest BCUT2D eigenvalue weighted by Crippen LogP contribution is 2.53. The zero-order valence-corrected chi connectivity index (χ0v) is 9.72. The number of carbonyl (C=O) groups is 2. The van der Waals surface area contributed by atoms with Gasteiger partial charge in [-0.05, 0) is 31.1 Å². The van der Waals surface area contributed by atoms with Gasteiger partial charge < -0.3 is 4.74 Å². The van der Waals surface area contributed by atoms with E-state index in [0.29, 0.717) is 6.42 Å². The summed E-state index contributed by atoms with van der Waals surface area (Å²) in [6, 6.07) is 0. The minimum Gasteiger partial charge on any atom is -0.393 e. The summed E-state index contributed by atoms with van der Waals surface area (Å²) in [5.41, 5.74) is 0. The first-order valence-corrected chi connectivity index (χ1v) is 7.12. The number of hydrogen-bond donors (Lipinski definition) is 1. The molecular formula is C10H12O6S. The minimum absolute atomic E-state index is 0.157. The van der Waals surface area contributed by atoms with E-state index in [9.17, 15) is 22.6 Å². The second-order valence-corrected chi connectivity index (χ2v) is 6.72. The lowest BCUT2D eigenvalue weighted by Gasteiger charge is -2.45. The van der Waals surface area contributed by atoms with Gasteiger partial charge in [0.1, 0.15) is 0 Å². The van der Waals surface area contributed by atoms with Gasteiger partial charge >= 0.3 is 11.9 Å². The van der Waals surface area contributed by atoms with Crippen LogP contribution >= 0.6 is 0 Å². The fourth-order valence-electron chi connectivity index (χ4n) is 3.72. The second-order valence-electron chi connectivity index (χ2n) is 5.08. The van der Waals surface area contributed by atoms with Crippen molar-refractivity contribution in [2.24, 2.45) is 23.7 Å². The van der Waals surface area contributed by atoms with Crippen LogP contribution < -0.4 is 0 Å². The molecule has 1 heterocycles. The van der Waals surface area contributed by atoms with Gasteiger partial charge in [0, 0.05) is 0 Å². The number of carbonyl (C=O) groups excluding carboxylic acids is 2. The Balaban J connectivity index is 2.02. The summed E-state index contributed by atoms with van der Waals surface area (Å²) in [6.45, 7) is 0. The molecule has 0 aromatic carbocycles. The van der Waals surface area contributed by atoms with Crippen LogP contribution in [0, 0.1) is 23.7 Å². The van der Waals surface area contributed by atoms with Gasteiger partial charge in [-0.2, -0.15) is 8.42 Å². The van der Waals surface area contributed by atoms with Gasteiger partial charge in [-0.1, -0.05) is 0 Å². The molecule has 1 N–H and O–H groups in total. The maximum absolute atomic E-state index is 11.6. The van der Waals surface area contributed by atoms with Crippen molar-refractivity contribution in [1.82, 2.24) is 0 Å². The summed E-state index contributed by atoms with van der Waals surface area (Å²) < 4.78 is 36.3. The van der Waals surface area contributed by atoms with E-state index < -0.39 is 45.1 Å². The van der Waals surface area contributed by atoms with Crippen LogP contribution in [-0.4, -0.2) is 30.2 Å². The van der Waals surface area contributed by atoms with Gasteiger partial charge in [0.05, 0.1) is 17.1 Å². The third kappa shape index (κ3) is 1.45. The summed E-state index contributed by atoms with van der Waals surface area (Å²) in [7, 11) is -4.16. The molecule has 0 amide bonds.